The molecule has 0 saturated heterocycles. The van der Waals surface area contributed by atoms with Crippen LogP contribution in [0.3, 0.4) is 0 Å². The zero-order chi connectivity index (χ0) is 15.2. The number of ether oxygens (including phenoxy) is 1. The number of nitrogens with one attached hydrogen (secondary N) is 1. The number of nitrogens with zero attached hydrogens (tertiary/aromatic N) is 1. The van der Waals surface area contributed by atoms with Gasteiger partial charge in [-0.2, -0.15) is 5.10 Å². The van der Waals surface area contributed by atoms with E-state index in [1.807, 2.05) is 0 Å². The van der Waals surface area contributed by atoms with E-state index in [-0.39, 0.29) is 17.1 Å². The Morgan fingerprint density at radius 3 is 2.59 bits per heavy atom. The molecule has 0 radical (unpaired) electrons. The molecular weight excluding hydrogens is 308 g/mol. The third-order valence-corrected chi connectivity index (χ3v) is 2.98. The lowest BCUT2D eigenvalue weighted by atomic mass is 10.2. The molecule has 0 bridgehead atoms. The number of aromatic hydroxyl groups is 1. The first kappa shape index (κ1) is 17.5. The van der Waals surface area contributed by atoms with Gasteiger partial charge >= 0.3 is 0 Å². The quantitative estimate of drug-likeness (QED) is 0.664. The van der Waals surface area contributed by atoms with Crippen LogP contribution >= 0.6 is 11.6 Å². The molecule has 0 atom stereocenters. The Labute approximate surface area is 132 Å². The Balaban J connectivity index is 0.00000242. The second-order valence-corrected chi connectivity index (χ2v) is 4.54. The molecule has 0 unspecified atom stereocenters. The fourth-order valence-corrected chi connectivity index (χ4v) is 1.76. The van der Waals surface area contributed by atoms with Crippen molar-refractivity contribution in [2.45, 2.75) is 0 Å². The molecule has 2 aromatic carbocycles. The van der Waals surface area contributed by atoms with Crippen LogP contribution in [0, 0.1) is 0 Å². The molecule has 0 aliphatic heterocycles. The highest BCUT2D eigenvalue weighted by atomic mass is 35.5. The van der Waals surface area contributed by atoms with Crippen LogP contribution in [0.1, 0.15) is 15.9 Å². The van der Waals surface area contributed by atoms with Crippen molar-refractivity contribution in [2.75, 3.05) is 7.11 Å². The number of rotatable bonds is 4. The van der Waals surface area contributed by atoms with Gasteiger partial charge in [-0.1, -0.05) is 17.7 Å². The topological polar surface area (TPSA) is 102 Å². The first-order valence-corrected chi connectivity index (χ1v) is 6.44. The Morgan fingerprint density at radius 2 is 1.95 bits per heavy atom. The second kappa shape index (κ2) is 8.02. The van der Waals surface area contributed by atoms with Gasteiger partial charge in [-0.05, 0) is 36.4 Å². The number of hydrogen-bond donors (Lipinski definition) is 2. The molecule has 1 amide bonds. The Morgan fingerprint density at radius 1 is 1.27 bits per heavy atom. The number of hydrazone groups is 1. The Hall–Kier alpha value is -2.57. The summed E-state index contributed by atoms with van der Waals surface area (Å²) in [4.78, 5) is 11.8. The van der Waals surface area contributed by atoms with E-state index in [9.17, 15) is 9.90 Å². The van der Waals surface area contributed by atoms with E-state index < -0.39 is 0 Å². The SMILES string of the molecule is COc1cccc(/C=N/NC(=O)c2ccc(Cl)cc2)c1O.O. The van der Waals surface area contributed by atoms with Crippen LogP contribution in [0.5, 0.6) is 11.5 Å². The average molecular weight is 323 g/mol. The normalized spacial score (nSPS) is 10.1. The molecule has 4 N–H and O–H groups in total. The van der Waals surface area contributed by atoms with Gasteiger partial charge in [-0.3, -0.25) is 4.79 Å². The van der Waals surface area contributed by atoms with Gasteiger partial charge in [0.2, 0.25) is 0 Å². The molecule has 7 heteroatoms. The largest absolute Gasteiger partial charge is 0.504 e. The smallest absolute Gasteiger partial charge is 0.271 e. The number of phenols is 1. The molecule has 0 heterocycles. The number of benzene rings is 2. The molecule has 22 heavy (non-hydrogen) atoms. The lowest BCUT2D eigenvalue weighted by Gasteiger charge is -2.05. The summed E-state index contributed by atoms with van der Waals surface area (Å²) in [5.74, 6) is -0.0715. The molecule has 0 aliphatic rings. The Bertz CT molecular complexity index is 672. The van der Waals surface area contributed by atoms with Crippen LogP contribution in [0.25, 0.3) is 0 Å². The first-order chi connectivity index (χ1) is 10.1. The third kappa shape index (κ3) is 4.21. The van der Waals surface area contributed by atoms with E-state index in [1.165, 1.54) is 13.3 Å². The van der Waals surface area contributed by atoms with E-state index >= 15 is 0 Å². The molecule has 0 spiro atoms. The van der Waals surface area contributed by atoms with Crippen molar-refractivity contribution in [3.63, 3.8) is 0 Å². The highest BCUT2D eigenvalue weighted by Crippen LogP contribution is 2.27. The van der Waals surface area contributed by atoms with Gasteiger partial charge in [0.25, 0.3) is 5.91 Å². The summed E-state index contributed by atoms with van der Waals surface area (Å²) in [6.07, 6.45) is 1.34. The van der Waals surface area contributed by atoms with Crippen molar-refractivity contribution in [3.8, 4) is 11.5 Å². The Kier molecular flexibility index (Phi) is 6.37. The minimum absolute atomic E-state index is 0. The van der Waals surface area contributed by atoms with Crippen LogP contribution in [0.2, 0.25) is 5.02 Å². The highest BCUT2D eigenvalue weighted by Gasteiger charge is 2.06. The zero-order valence-electron chi connectivity index (χ0n) is 11.7. The molecule has 0 aromatic heterocycles. The summed E-state index contributed by atoms with van der Waals surface area (Å²) in [5, 5.41) is 14.2. The van der Waals surface area contributed by atoms with Gasteiger partial charge in [-0.25, -0.2) is 5.43 Å². The summed E-state index contributed by atoms with van der Waals surface area (Å²) in [7, 11) is 1.46. The number of hydrogen-bond acceptors (Lipinski definition) is 4. The fraction of sp³-hybridized carbons (Fsp3) is 0.0667. The van der Waals surface area contributed by atoms with Gasteiger partial charge in [0.05, 0.1) is 13.3 Å². The van der Waals surface area contributed by atoms with E-state index in [4.69, 9.17) is 16.3 Å². The maximum atomic E-state index is 11.8. The van der Waals surface area contributed by atoms with E-state index in [1.54, 1.807) is 42.5 Å². The van der Waals surface area contributed by atoms with Crippen LogP contribution in [0.4, 0.5) is 0 Å². The number of carbonyl (C=O) groups is 1. The van der Waals surface area contributed by atoms with Gasteiger partial charge < -0.3 is 15.3 Å². The number of methoxy groups -OCH3 is 1. The van der Waals surface area contributed by atoms with Crippen molar-refractivity contribution in [1.82, 2.24) is 5.43 Å². The second-order valence-electron chi connectivity index (χ2n) is 4.10. The van der Waals surface area contributed by atoms with E-state index in [2.05, 4.69) is 10.5 Å². The van der Waals surface area contributed by atoms with Crippen molar-refractivity contribution in [1.29, 1.82) is 0 Å². The maximum absolute atomic E-state index is 11.8. The standard InChI is InChI=1S/C15H13ClN2O3.H2O/c1-21-13-4-2-3-11(14(13)19)9-17-18-15(20)10-5-7-12(16)8-6-10;/h2-9,19H,1H3,(H,18,20);1H2/b17-9+;. The van der Waals surface area contributed by atoms with Gasteiger partial charge in [0.15, 0.2) is 11.5 Å². The van der Waals surface area contributed by atoms with Crippen LogP contribution < -0.4 is 10.2 Å². The average Bonchev–Trinajstić information content (AvgIpc) is 2.49. The predicted octanol–water partition coefficient (Wildman–Crippen LogP) is 1.99. The third-order valence-electron chi connectivity index (χ3n) is 2.73. The number of para-hydroxylation sites is 1. The highest BCUT2D eigenvalue weighted by molar-refractivity contribution is 6.30. The monoisotopic (exact) mass is 322 g/mol. The molecular formula is C15H15ClN2O4. The van der Waals surface area contributed by atoms with Crippen molar-refractivity contribution in [2.24, 2.45) is 5.10 Å². The number of halogens is 1. The summed E-state index contributed by atoms with van der Waals surface area (Å²) in [5.41, 5.74) is 3.24. The van der Waals surface area contributed by atoms with Gasteiger partial charge in [-0.15, -0.1) is 0 Å². The first-order valence-electron chi connectivity index (χ1n) is 6.06. The summed E-state index contributed by atoms with van der Waals surface area (Å²) >= 11 is 5.75. The molecule has 6 nitrogen and oxygen atoms in total. The lowest BCUT2D eigenvalue weighted by molar-refractivity contribution is 0.0955. The molecule has 2 aromatic rings. The van der Waals surface area contributed by atoms with Crippen LogP contribution in [0.15, 0.2) is 47.6 Å². The van der Waals surface area contributed by atoms with Gasteiger partial charge in [0, 0.05) is 16.1 Å². The van der Waals surface area contributed by atoms with E-state index in [0.29, 0.717) is 21.9 Å². The van der Waals surface area contributed by atoms with Crippen molar-refractivity contribution >= 4 is 23.7 Å². The molecule has 0 fully saturated rings. The maximum Gasteiger partial charge on any atom is 0.271 e. The predicted molar refractivity (Wildman–Crippen MR) is 84.8 cm³/mol. The number of phenolic OH excluding ortho intramolecular Hbond substituents is 1. The molecule has 0 aliphatic carbocycles. The van der Waals surface area contributed by atoms with Crippen LogP contribution in [-0.2, 0) is 0 Å². The number of amides is 1. The summed E-state index contributed by atoms with van der Waals surface area (Å²) in [6, 6.07) is 11.4. The summed E-state index contributed by atoms with van der Waals surface area (Å²) < 4.78 is 4.98. The van der Waals surface area contributed by atoms with Crippen molar-refractivity contribution in [3.05, 3.63) is 58.6 Å². The lowest BCUT2D eigenvalue weighted by Crippen LogP contribution is -2.17. The van der Waals surface area contributed by atoms with Gasteiger partial charge in [0.1, 0.15) is 0 Å². The summed E-state index contributed by atoms with van der Waals surface area (Å²) in [6.45, 7) is 0. The zero-order valence-corrected chi connectivity index (χ0v) is 12.5. The minimum Gasteiger partial charge on any atom is -0.504 e. The molecule has 116 valence electrons. The van der Waals surface area contributed by atoms with Crippen LogP contribution in [-0.4, -0.2) is 29.8 Å². The van der Waals surface area contributed by atoms with E-state index in [0.717, 1.165) is 0 Å². The molecule has 2 rings (SSSR count). The fourth-order valence-electron chi connectivity index (χ4n) is 1.63. The minimum atomic E-state index is -0.370. The molecule has 0 saturated carbocycles. The van der Waals surface area contributed by atoms with Crippen molar-refractivity contribution < 1.29 is 20.1 Å². The number of carbonyl (C=O) groups excluding carboxylic acids is 1.